The molecular formula is C23H30F6N2O7S. The third kappa shape index (κ3) is 11.0. The Morgan fingerprint density at radius 1 is 1.13 bits per heavy atom. The van der Waals surface area contributed by atoms with Gasteiger partial charge in [0.2, 0.25) is 5.88 Å². The number of aromatic nitrogens is 1. The highest BCUT2D eigenvalue weighted by atomic mass is 32.2. The van der Waals surface area contributed by atoms with Gasteiger partial charge in [0.1, 0.15) is 0 Å². The molecule has 0 amide bonds. The van der Waals surface area contributed by atoms with Crippen LogP contribution in [0.2, 0.25) is 0 Å². The highest BCUT2D eigenvalue weighted by Crippen LogP contribution is 2.46. The van der Waals surface area contributed by atoms with Crippen molar-refractivity contribution in [1.82, 2.24) is 9.88 Å². The SMILES string of the molecule is COc1ncccc1CN1CC2(CC(OCC3CCOCC3)CS2)C1.O=C(O)C(F)(F)F.O=C(O)C(F)(F)F. The zero-order valence-corrected chi connectivity index (χ0v) is 21.8. The van der Waals surface area contributed by atoms with Crippen molar-refractivity contribution >= 4 is 23.7 Å². The molecule has 4 rings (SSSR count). The molecule has 4 heterocycles. The van der Waals surface area contributed by atoms with Crippen LogP contribution in [-0.4, -0.2) is 101 Å². The molecule has 39 heavy (non-hydrogen) atoms. The number of hydrogen-bond acceptors (Lipinski definition) is 8. The largest absolute Gasteiger partial charge is 0.490 e. The molecule has 9 nitrogen and oxygen atoms in total. The highest BCUT2D eigenvalue weighted by Gasteiger charge is 2.49. The fourth-order valence-electron chi connectivity index (χ4n) is 4.16. The van der Waals surface area contributed by atoms with Gasteiger partial charge >= 0.3 is 24.3 Å². The van der Waals surface area contributed by atoms with Gasteiger partial charge in [0.25, 0.3) is 0 Å². The average molecular weight is 593 g/mol. The maximum Gasteiger partial charge on any atom is 0.490 e. The smallest absolute Gasteiger partial charge is 0.481 e. The second-order valence-corrected chi connectivity index (χ2v) is 10.6. The Labute approximate surface area is 224 Å². The van der Waals surface area contributed by atoms with Crippen LogP contribution in [0.25, 0.3) is 0 Å². The number of nitrogens with zero attached hydrogens (tertiary/aromatic N) is 2. The summed E-state index contributed by atoms with van der Waals surface area (Å²) in [5.41, 5.74) is 1.18. The molecule has 222 valence electrons. The fourth-order valence-corrected chi connectivity index (χ4v) is 5.77. The first-order chi connectivity index (χ1) is 18.1. The second kappa shape index (κ2) is 14.4. The molecule has 3 aliphatic rings. The van der Waals surface area contributed by atoms with E-state index in [-0.39, 0.29) is 0 Å². The van der Waals surface area contributed by atoms with Crippen molar-refractivity contribution in [3.05, 3.63) is 23.9 Å². The molecule has 16 heteroatoms. The number of aliphatic carboxylic acids is 2. The Bertz CT molecular complexity index is 914. The highest BCUT2D eigenvalue weighted by molar-refractivity contribution is 8.01. The first-order valence-electron chi connectivity index (χ1n) is 11.8. The monoisotopic (exact) mass is 592 g/mol. The Balaban J connectivity index is 0.000000317. The van der Waals surface area contributed by atoms with Gasteiger partial charge in [0.05, 0.1) is 13.2 Å². The van der Waals surface area contributed by atoms with Crippen LogP contribution in [-0.2, 0) is 25.6 Å². The third-order valence-corrected chi connectivity index (χ3v) is 7.61. The predicted octanol–water partition coefficient (Wildman–Crippen LogP) is 3.86. The average Bonchev–Trinajstić information content (AvgIpc) is 3.27. The summed E-state index contributed by atoms with van der Waals surface area (Å²) in [6.07, 6.45) is -4.44. The number of thioether (sulfide) groups is 1. The number of methoxy groups -OCH3 is 1. The topological polar surface area (TPSA) is 118 Å². The molecule has 1 atom stereocenters. The lowest BCUT2D eigenvalue weighted by molar-refractivity contribution is -0.193. The van der Waals surface area contributed by atoms with Crippen LogP contribution in [0.5, 0.6) is 5.88 Å². The van der Waals surface area contributed by atoms with Crippen molar-refractivity contribution in [2.75, 3.05) is 45.8 Å². The molecule has 3 fully saturated rings. The molecule has 1 aromatic rings. The van der Waals surface area contributed by atoms with E-state index in [0.29, 0.717) is 16.8 Å². The first-order valence-corrected chi connectivity index (χ1v) is 12.8. The Morgan fingerprint density at radius 2 is 1.69 bits per heavy atom. The number of carboxylic acid groups (broad SMARTS) is 2. The molecule has 0 aliphatic carbocycles. The van der Waals surface area contributed by atoms with Crippen LogP contribution in [0.4, 0.5) is 26.3 Å². The number of pyridine rings is 1. The van der Waals surface area contributed by atoms with E-state index >= 15 is 0 Å². The van der Waals surface area contributed by atoms with Gasteiger partial charge in [0, 0.05) is 61.7 Å². The van der Waals surface area contributed by atoms with Crippen LogP contribution in [0, 0.1) is 5.92 Å². The quantitative estimate of drug-likeness (QED) is 0.472. The Hall–Kier alpha value is -2.30. The van der Waals surface area contributed by atoms with E-state index in [4.69, 9.17) is 34.0 Å². The van der Waals surface area contributed by atoms with Crippen LogP contribution in [0.15, 0.2) is 18.3 Å². The predicted molar refractivity (Wildman–Crippen MR) is 127 cm³/mol. The van der Waals surface area contributed by atoms with E-state index in [1.54, 1.807) is 13.3 Å². The molecule has 1 spiro atoms. The third-order valence-electron chi connectivity index (χ3n) is 6.03. The molecule has 0 radical (unpaired) electrons. The van der Waals surface area contributed by atoms with Gasteiger partial charge in [-0.3, -0.25) is 4.90 Å². The minimum Gasteiger partial charge on any atom is -0.481 e. The van der Waals surface area contributed by atoms with Crippen LogP contribution in [0.3, 0.4) is 0 Å². The van der Waals surface area contributed by atoms with E-state index in [1.807, 2.05) is 6.07 Å². The van der Waals surface area contributed by atoms with Gasteiger partial charge in [-0.05, 0) is 31.2 Å². The van der Waals surface area contributed by atoms with Crippen LogP contribution < -0.4 is 4.74 Å². The molecule has 1 aromatic heterocycles. The van der Waals surface area contributed by atoms with Crippen molar-refractivity contribution in [2.24, 2.45) is 5.92 Å². The zero-order chi connectivity index (χ0) is 29.3. The van der Waals surface area contributed by atoms with Crippen LogP contribution in [0.1, 0.15) is 24.8 Å². The molecule has 0 saturated carbocycles. The number of carbonyl (C=O) groups is 2. The van der Waals surface area contributed by atoms with Gasteiger partial charge in [-0.1, -0.05) is 6.07 Å². The summed E-state index contributed by atoms with van der Waals surface area (Å²) in [7, 11) is 1.69. The molecule has 0 aromatic carbocycles. The summed E-state index contributed by atoms with van der Waals surface area (Å²) >= 11 is 2.11. The number of rotatable bonds is 6. The minimum absolute atomic E-state index is 0.412. The van der Waals surface area contributed by atoms with Crippen molar-refractivity contribution in [1.29, 1.82) is 0 Å². The summed E-state index contributed by atoms with van der Waals surface area (Å²) in [6.45, 7) is 5.95. The van der Waals surface area contributed by atoms with Crippen molar-refractivity contribution in [3.63, 3.8) is 0 Å². The van der Waals surface area contributed by atoms with Crippen molar-refractivity contribution < 1.29 is 60.4 Å². The summed E-state index contributed by atoms with van der Waals surface area (Å²) in [5, 5.41) is 14.2. The first kappa shape index (κ1) is 32.9. The molecule has 2 N–H and O–H groups in total. The minimum atomic E-state index is -5.08. The lowest BCUT2D eigenvalue weighted by Crippen LogP contribution is -2.58. The normalized spacial score (nSPS) is 21.2. The number of likely N-dealkylation sites (tertiary alicyclic amines) is 1. The van der Waals surface area contributed by atoms with E-state index in [1.165, 1.54) is 12.0 Å². The lowest BCUT2D eigenvalue weighted by Gasteiger charge is -2.47. The van der Waals surface area contributed by atoms with Crippen molar-refractivity contribution in [2.45, 2.75) is 49.0 Å². The van der Waals surface area contributed by atoms with E-state index < -0.39 is 24.3 Å². The maximum atomic E-state index is 10.6. The van der Waals surface area contributed by atoms with Crippen molar-refractivity contribution in [3.8, 4) is 5.88 Å². The zero-order valence-electron chi connectivity index (χ0n) is 21.0. The number of ether oxygens (including phenoxy) is 3. The van der Waals surface area contributed by atoms with E-state index in [2.05, 4.69) is 27.7 Å². The van der Waals surface area contributed by atoms with Gasteiger partial charge in [-0.25, -0.2) is 14.6 Å². The van der Waals surface area contributed by atoms with E-state index in [0.717, 1.165) is 63.9 Å². The fraction of sp³-hybridized carbons (Fsp3) is 0.696. The summed E-state index contributed by atoms with van der Waals surface area (Å²) in [6, 6.07) is 4.09. The molecule has 3 aliphatic heterocycles. The van der Waals surface area contributed by atoms with E-state index in [9.17, 15) is 26.3 Å². The van der Waals surface area contributed by atoms with Gasteiger partial charge in [0.15, 0.2) is 0 Å². The number of hydrogen-bond donors (Lipinski definition) is 2. The summed E-state index contributed by atoms with van der Waals surface area (Å²) in [5.74, 6) is -2.92. The van der Waals surface area contributed by atoms with Crippen LogP contribution >= 0.6 is 11.8 Å². The molecule has 1 unspecified atom stereocenters. The standard InChI is InChI=1S/C19H28N2O3S.2C2HF3O2/c1-22-18-16(3-2-6-20-18)10-21-13-19(14-21)9-17(12-25-19)24-11-15-4-7-23-8-5-15;2*3-2(4,5)1(6)7/h2-3,6,15,17H,4-5,7-14H2,1H3;2*(H,6,7). The Kier molecular flexibility index (Phi) is 12.1. The molecule has 3 saturated heterocycles. The summed E-state index contributed by atoms with van der Waals surface area (Å²) < 4.78 is 80.9. The Morgan fingerprint density at radius 3 is 2.21 bits per heavy atom. The number of halogens is 6. The second-order valence-electron chi connectivity index (χ2n) is 9.13. The van der Waals surface area contributed by atoms with Gasteiger partial charge in [-0.15, -0.1) is 11.8 Å². The van der Waals surface area contributed by atoms with Gasteiger partial charge < -0.3 is 24.4 Å². The lowest BCUT2D eigenvalue weighted by atomic mass is 9.92. The maximum absolute atomic E-state index is 10.6. The number of alkyl halides is 6. The van der Waals surface area contributed by atoms with Gasteiger partial charge in [-0.2, -0.15) is 26.3 Å². The molecule has 0 bridgehead atoms. The molecular weight excluding hydrogens is 562 g/mol. The summed E-state index contributed by atoms with van der Waals surface area (Å²) in [4.78, 5) is 24.6. The number of carboxylic acids is 2.